The minimum absolute atomic E-state index is 0.285. The molecule has 1 aromatic rings. The van der Waals surface area contributed by atoms with Gasteiger partial charge in [0, 0.05) is 6.54 Å². The zero-order valence-corrected chi connectivity index (χ0v) is 11.6. The Kier molecular flexibility index (Phi) is 6.49. The number of carbonyl (C=O) groups excluding carboxylic acids is 1. The van der Waals surface area contributed by atoms with Gasteiger partial charge in [0.15, 0.2) is 0 Å². The van der Waals surface area contributed by atoms with E-state index in [1.165, 1.54) is 0 Å². The molecule has 19 heavy (non-hydrogen) atoms. The quantitative estimate of drug-likeness (QED) is 0.643. The fourth-order valence-electron chi connectivity index (χ4n) is 1.65. The van der Waals surface area contributed by atoms with Crippen LogP contribution in [0.1, 0.15) is 31.4 Å². The van der Waals surface area contributed by atoms with Crippen LogP contribution in [0.15, 0.2) is 24.3 Å². The molecule has 0 spiro atoms. The highest BCUT2D eigenvalue weighted by Gasteiger charge is 2.14. The molecule has 5 nitrogen and oxygen atoms in total. The molecular weight excluding hydrogens is 242 g/mol. The standard InChI is InChI=1S/C14H23N3O2/c1-10(2)7-13(16)14(18)17-19-9-12-5-3-11(8-15)4-6-12/h3-6,10,13H,7-9,15-16H2,1-2H3,(H,17,18)/t13-/m1/s1. The summed E-state index contributed by atoms with van der Waals surface area (Å²) in [4.78, 5) is 16.7. The Labute approximate surface area is 114 Å². The minimum Gasteiger partial charge on any atom is -0.326 e. The van der Waals surface area contributed by atoms with Gasteiger partial charge in [-0.25, -0.2) is 5.48 Å². The highest BCUT2D eigenvalue weighted by atomic mass is 16.6. The SMILES string of the molecule is CC(C)C[C@@H](N)C(=O)NOCc1ccc(CN)cc1. The van der Waals surface area contributed by atoms with Gasteiger partial charge in [-0.15, -0.1) is 0 Å². The van der Waals surface area contributed by atoms with Crippen LogP contribution in [-0.2, 0) is 22.8 Å². The number of hydroxylamine groups is 1. The van der Waals surface area contributed by atoms with Crippen molar-refractivity contribution in [2.24, 2.45) is 17.4 Å². The Balaban J connectivity index is 2.31. The maximum Gasteiger partial charge on any atom is 0.260 e. The molecule has 0 saturated carbocycles. The van der Waals surface area contributed by atoms with Crippen molar-refractivity contribution < 1.29 is 9.63 Å². The van der Waals surface area contributed by atoms with Gasteiger partial charge in [-0.3, -0.25) is 9.63 Å². The van der Waals surface area contributed by atoms with Crippen molar-refractivity contribution in [3.8, 4) is 0 Å². The molecule has 0 heterocycles. The van der Waals surface area contributed by atoms with Gasteiger partial charge in [0.25, 0.3) is 5.91 Å². The summed E-state index contributed by atoms with van der Waals surface area (Å²) in [6.45, 7) is 4.87. The molecule has 0 saturated heterocycles. The third kappa shape index (κ3) is 5.83. The van der Waals surface area contributed by atoms with Crippen molar-refractivity contribution in [2.75, 3.05) is 0 Å². The second-order valence-electron chi connectivity index (χ2n) is 5.01. The maximum atomic E-state index is 11.6. The first-order valence-corrected chi connectivity index (χ1v) is 6.48. The number of benzene rings is 1. The summed E-state index contributed by atoms with van der Waals surface area (Å²) < 4.78 is 0. The Morgan fingerprint density at radius 3 is 2.37 bits per heavy atom. The summed E-state index contributed by atoms with van der Waals surface area (Å²) in [6.07, 6.45) is 0.639. The van der Waals surface area contributed by atoms with E-state index in [4.69, 9.17) is 16.3 Å². The molecule has 0 aliphatic carbocycles. The van der Waals surface area contributed by atoms with E-state index in [0.29, 0.717) is 25.5 Å². The van der Waals surface area contributed by atoms with Crippen LogP contribution in [0.25, 0.3) is 0 Å². The highest BCUT2D eigenvalue weighted by Crippen LogP contribution is 2.05. The van der Waals surface area contributed by atoms with Crippen LogP contribution in [0.2, 0.25) is 0 Å². The zero-order valence-electron chi connectivity index (χ0n) is 11.6. The number of nitrogens with two attached hydrogens (primary N) is 2. The normalized spacial score (nSPS) is 12.5. The van der Waals surface area contributed by atoms with Crippen molar-refractivity contribution in [3.05, 3.63) is 35.4 Å². The molecular formula is C14H23N3O2. The Bertz CT molecular complexity index is 390. The second kappa shape index (κ2) is 7.89. The summed E-state index contributed by atoms with van der Waals surface area (Å²) in [5.41, 5.74) is 15.6. The molecule has 1 atom stereocenters. The van der Waals surface area contributed by atoms with Gasteiger partial charge in [-0.1, -0.05) is 38.1 Å². The molecule has 0 aliphatic heterocycles. The van der Waals surface area contributed by atoms with E-state index in [-0.39, 0.29) is 5.91 Å². The lowest BCUT2D eigenvalue weighted by atomic mass is 10.0. The summed E-state index contributed by atoms with van der Waals surface area (Å²) in [6, 6.07) is 7.18. The van der Waals surface area contributed by atoms with Gasteiger partial charge in [-0.05, 0) is 23.5 Å². The topological polar surface area (TPSA) is 90.4 Å². The van der Waals surface area contributed by atoms with Gasteiger partial charge < -0.3 is 11.5 Å². The molecule has 0 aromatic heterocycles. The Morgan fingerprint density at radius 1 is 1.26 bits per heavy atom. The van der Waals surface area contributed by atoms with Crippen molar-refractivity contribution in [1.82, 2.24) is 5.48 Å². The van der Waals surface area contributed by atoms with Crippen LogP contribution in [0, 0.1) is 5.92 Å². The first-order valence-electron chi connectivity index (χ1n) is 6.48. The van der Waals surface area contributed by atoms with Crippen LogP contribution in [0.5, 0.6) is 0 Å². The predicted molar refractivity (Wildman–Crippen MR) is 74.7 cm³/mol. The number of nitrogens with one attached hydrogen (secondary N) is 1. The van der Waals surface area contributed by atoms with Gasteiger partial charge in [0.1, 0.15) is 0 Å². The average Bonchev–Trinajstić information content (AvgIpc) is 2.38. The van der Waals surface area contributed by atoms with E-state index in [9.17, 15) is 4.79 Å². The zero-order chi connectivity index (χ0) is 14.3. The maximum absolute atomic E-state index is 11.6. The van der Waals surface area contributed by atoms with Crippen LogP contribution in [-0.4, -0.2) is 11.9 Å². The lowest BCUT2D eigenvalue weighted by Crippen LogP contribution is -2.41. The van der Waals surface area contributed by atoms with E-state index in [0.717, 1.165) is 11.1 Å². The third-order valence-corrected chi connectivity index (χ3v) is 2.73. The summed E-state index contributed by atoms with van der Waals surface area (Å²) in [5, 5.41) is 0. The number of hydrogen-bond acceptors (Lipinski definition) is 4. The second-order valence-corrected chi connectivity index (χ2v) is 5.01. The van der Waals surface area contributed by atoms with E-state index in [1.54, 1.807) is 0 Å². The molecule has 1 rings (SSSR count). The van der Waals surface area contributed by atoms with E-state index in [2.05, 4.69) is 5.48 Å². The Hall–Kier alpha value is -1.43. The molecule has 0 fully saturated rings. The highest BCUT2D eigenvalue weighted by molar-refractivity contribution is 5.80. The van der Waals surface area contributed by atoms with Crippen LogP contribution < -0.4 is 16.9 Å². The van der Waals surface area contributed by atoms with Gasteiger partial charge in [-0.2, -0.15) is 0 Å². The predicted octanol–water partition coefficient (Wildman–Crippen LogP) is 1.07. The van der Waals surface area contributed by atoms with Crippen LogP contribution in [0.4, 0.5) is 0 Å². The number of hydrogen-bond donors (Lipinski definition) is 3. The van der Waals surface area contributed by atoms with Crippen molar-refractivity contribution in [2.45, 2.75) is 39.5 Å². The number of rotatable bonds is 7. The summed E-state index contributed by atoms with van der Waals surface area (Å²) in [5.74, 6) is 0.0943. The molecule has 1 aromatic carbocycles. The lowest BCUT2D eigenvalue weighted by Gasteiger charge is -2.13. The fourth-order valence-corrected chi connectivity index (χ4v) is 1.65. The molecule has 0 unspecified atom stereocenters. The molecule has 0 radical (unpaired) electrons. The van der Waals surface area contributed by atoms with Crippen molar-refractivity contribution >= 4 is 5.91 Å². The molecule has 1 amide bonds. The lowest BCUT2D eigenvalue weighted by molar-refractivity contribution is -0.136. The number of carbonyl (C=O) groups is 1. The van der Waals surface area contributed by atoms with E-state index in [1.807, 2.05) is 38.1 Å². The van der Waals surface area contributed by atoms with Crippen molar-refractivity contribution in [1.29, 1.82) is 0 Å². The number of amides is 1. The van der Waals surface area contributed by atoms with E-state index >= 15 is 0 Å². The summed E-state index contributed by atoms with van der Waals surface area (Å²) >= 11 is 0. The smallest absolute Gasteiger partial charge is 0.260 e. The van der Waals surface area contributed by atoms with Crippen molar-refractivity contribution in [3.63, 3.8) is 0 Å². The van der Waals surface area contributed by atoms with E-state index < -0.39 is 6.04 Å². The average molecular weight is 265 g/mol. The minimum atomic E-state index is -0.528. The monoisotopic (exact) mass is 265 g/mol. The van der Waals surface area contributed by atoms with Gasteiger partial charge in [0.2, 0.25) is 0 Å². The van der Waals surface area contributed by atoms with Gasteiger partial charge in [0.05, 0.1) is 12.6 Å². The molecule has 0 aliphatic rings. The molecule has 5 heteroatoms. The largest absolute Gasteiger partial charge is 0.326 e. The first-order chi connectivity index (χ1) is 9.02. The fraction of sp³-hybridized carbons (Fsp3) is 0.500. The Morgan fingerprint density at radius 2 is 1.84 bits per heavy atom. The van der Waals surface area contributed by atoms with Gasteiger partial charge >= 0.3 is 0 Å². The molecule has 106 valence electrons. The van der Waals surface area contributed by atoms with Crippen LogP contribution >= 0.6 is 0 Å². The van der Waals surface area contributed by atoms with Crippen LogP contribution in [0.3, 0.4) is 0 Å². The summed E-state index contributed by atoms with van der Waals surface area (Å²) in [7, 11) is 0. The first kappa shape index (κ1) is 15.6. The third-order valence-electron chi connectivity index (χ3n) is 2.73. The molecule has 0 bridgehead atoms. The molecule has 5 N–H and O–H groups in total.